The van der Waals surface area contributed by atoms with Gasteiger partial charge in [-0.3, -0.25) is 9.52 Å². The molecule has 1 atom stereocenters. The first-order chi connectivity index (χ1) is 13.1. The van der Waals surface area contributed by atoms with E-state index in [4.69, 9.17) is 11.6 Å². The summed E-state index contributed by atoms with van der Waals surface area (Å²) < 4.78 is 79.4. The van der Waals surface area contributed by atoms with Crippen LogP contribution in [0.15, 0.2) is 41.3 Å². The van der Waals surface area contributed by atoms with Gasteiger partial charge in [0, 0.05) is 3.57 Å². The molecule has 0 heterocycles. The molecule has 0 aliphatic carbocycles. The van der Waals surface area contributed by atoms with Crippen LogP contribution in [0.4, 0.5) is 28.9 Å². The Morgan fingerprint density at radius 3 is 2.24 bits per heavy atom. The number of carbonyl (C=O) groups excluding carboxylic acids is 1. The largest absolute Gasteiger partial charge is 0.426 e. The molecule has 0 radical (unpaired) electrons. The average molecular weight is 567 g/mol. The molecular weight excluding hydrogens is 555 g/mol. The Balaban J connectivity index is 2.27. The molecule has 158 valence electrons. The van der Waals surface area contributed by atoms with Gasteiger partial charge in [-0.15, -0.1) is 0 Å². The second-order valence-electron chi connectivity index (χ2n) is 5.90. The fraction of sp³-hybridized carbons (Fsp3) is 0.188. The summed E-state index contributed by atoms with van der Waals surface area (Å²) >= 11 is 7.70. The zero-order chi connectivity index (χ0) is 22.2. The summed E-state index contributed by atoms with van der Waals surface area (Å²) in [5.41, 5.74) is -4.37. The lowest BCUT2D eigenvalue weighted by Crippen LogP contribution is -2.52. The molecule has 0 aliphatic heterocycles. The highest BCUT2D eigenvalue weighted by Crippen LogP contribution is 2.33. The molecule has 0 fully saturated rings. The van der Waals surface area contributed by atoms with Crippen molar-refractivity contribution in [2.45, 2.75) is 23.6 Å². The number of hydrogen-bond donors (Lipinski definition) is 3. The van der Waals surface area contributed by atoms with Gasteiger partial charge in [0.25, 0.3) is 15.9 Å². The van der Waals surface area contributed by atoms with E-state index in [2.05, 4.69) is 0 Å². The van der Waals surface area contributed by atoms with Gasteiger partial charge in [0.15, 0.2) is 0 Å². The van der Waals surface area contributed by atoms with Crippen LogP contribution in [-0.4, -0.2) is 31.2 Å². The lowest BCUT2D eigenvalue weighted by Gasteiger charge is -2.25. The minimum Gasteiger partial charge on any atom is -0.373 e. The highest BCUT2D eigenvalue weighted by atomic mass is 127. The molecule has 0 aromatic heterocycles. The van der Waals surface area contributed by atoms with Crippen molar-refractivity contribution in [3.05, 3.63) is 50.8 Å². The summed E-state index contributed by atoms with van der Waals surface area (Å²) in [4.78, 5) is 11.3. The van der Waals surface area contributed by atoms with E-state index in [-0.39, 0.29) is 18.3 Å². The van der Waals surface area contributed by atoms with Crippen LogP contribution in [0, 0.1) is 9.39 Å². The fourth-order valence-electron chi connectivity index (χ4n) is 1.91. The number of sulfonamides is 1. The van der Waals surface area contributed by atoms with Crippen molar-refractivity contribution in [2.24, 2.45) is 0 Å². The number of alkyl halides is 3. The van der Waals surface area contributed by atoms with Gasteiger partial charge in [0.2, 0.25) is 5.60 Å². The summed E-state index contributed by atoms with van der Waals surface area (Å²) in [5, 5.41) is 10.7. The van der Waals surface area contributed by atoms with Crippen LogP contribution in [0.5, 0.6) is 0 Å². The number of rotatable bonds is 5. The molecule has 3 N–H and O–H groups in total. The van der Waals surface area contributed by atoms with E-state index in [1.165, 1.54) is 12.1 Å². The number of anilines is 2. The van der Waals surface area contributed by atoms with E-state index in [1.807, 2.05) is 27.3 Å². The van der Waals surface area contributed by atoms with Crippen LogP contribution in [0.3, 0.4) is 0 Å². The number of carbonyl (C=O) groups is 1. The topological polar surface area (TPSA) is 95.5 Å². The average Bonchev–Trinajstić information content (AvgIpc) is 2.58. The smallest absolute Gasteiger partial charge is 0.373 e. The van der Waals surface area contributed by atoms with Gasteiger partial charge >= 0.3 is 6.18 Å². The van der Waals surface area contributed by atoms with Crippen molar-refractivity contribution in [3.8, 4) is 0 Å². The van der Waals surface area contributed by atoms with Gasteiger partial charge in [0.1, 0.15) is 5.82 Å². The molecular formula is C16H12ClF4IN2O4S. The van der Waals surface area contributed by atoms with E-state index in [1.54, 1.807) is 5.32 Å². The highest BCUT2D eigenvalue weighted by Gasteiger charge is 2.55. The predicted octanol–water partition coefficient (Wildman–Crippen LogP) is 4.14. The molecule has 2 aromatic carbocycles. The Bertz CT molecular complexity index is 1060. The molecule has 0 unspecified atom stereocenters. The molecule has 0 saturated carbocycles. The SMILES string of the molecule is C[C@@](O)(C(=O)Nc1ccc(S(=O)(=O)Nc2ccc(I)cc2F)cc1Cl)C(F)(F)F. The first-order valence-electron chi connectivity index (χ1n) is 7.53. The van der Waals surface area contributed by atoms with Crippen LogP contribution < -0.4 is 10.0 Å². The van der Waals surface area contributed by atoms with E-state index in [0.717, 1.165) is 24.3 Å². The maximum absolute atomic E-state index is 13.9. The van der Waals surface area contributed by atoms with Crippen LogP contribution in [0.2, 0.25) is 5.02 Å². The maximum atomic E-state index is 13.9. The number of halogens is 6. The summed E-state index contributed by atoms with van der Waals surface area (Å²) in [5.74, 6) is -2.62. The Labute approximate surface area is 181 Å². The Kier molecular flexibility index (Phi) is 6.72. The van der Waals surface area contributed by atoms with Crippen LogP contribution in [0.25, 0.3) is 0 Å². The normalized spacial score (nSPS) is 14.2. The number of hydrogen-bond acceptors (Lipinski definition) is 4. The van der Waals surface area contributed by atoms with Crippen molar-refractivity contribution >= 4 is 61.5 Å². The number of amides is 1. The molecule has 29 heavy (non-hydrogen) atoms. The minimum absolute atomic E-state index is 0.259. The van der Waals surface area contributed by atoms with Crippen molar-refractivity contribution in [1.82, 2.24) is 0 Å². The zero-order valence-electron chi connectivity index (χ0n) is 14.3. The Morgan fingerprint density at radius 2 is 1.72 bits per heavy atom. The first-order valence-corrected chi connectivity index (χ1v) is 10.5. The van der Waals surface area contributed by atoms with Gasteiger partial charge in [-0.05, 0) is 65.9 Å². The molecule has 13 heteroatoms. The maximum Gasteiger partial charge on any atom is 0.426 e. The lowest BCUT2D eigenvalue weighted by atomic mass is 10.1. The number of benzene rings is 2. The van der Waals surface area contributed by atoms with Gasteiger partial charge < -0.3 is 10.4 Å². The van der Waals surface area contributed by atoms with Gasteiger partial charge in [-0.2, -0.15) is 13.2 Å². The third-order valence-corrected chi connectivity index (χ3v) is 6.02. The minimum atomic E-state index is -5.24. The second-order valence-corrected chi connectivity index (χ2v) is 9.23. The van der Waals surface area contributed by atoms with Gasteiger partial charge in [-0.1, -0.05) is 11.6 Å². The van der Waals surface area contributed by atoms with Crippen LogP contribution in [-0.2, 0) is 14.8 Å². The quantitative estimate of drug-likeness (QED) is 0.375. The Hall–Kier alpha value is -1.64. The van der Waals surface area contributed by atoms with E-state index < -0.39 is 43.4 Å². The summed E-state index contributed by atoms with van der Waals surface area (Å²) in [6, 6.07) is 6.52. The van der Waals surface area contributed by atoms with Crippen molar-refractivity contribution in [2.75, 3.05) is 10.0 Å². The van der Waals surface area contributed by atoms with Gasteiger partial charge in [0.05, 0.1) is 21.3 Å². The molecule has 2 aromatic rings. The summed E-state index contributed by atoms with van der Waals surface area (Å²) in [7, 11) is -4.29. The second kappa shape index (κ2) is 8.24. The van der Waals surface area contributed by atoms with Crippen LogP contribution in [0.1, 0.15) is 6.92 Å². The van der Waals surface area contributed by atoms with Crippen LogP contribution >= 0.6 is 34.2 Å². The molecule has 0 bridgehead atoms. The van der Waals surface area contributed by atoms with E-state index in [0.29, 0.717) is 3.57 Å². The highest BCUT2D eigenvalue weighted by molar-refractivity contribution is 14.1. The standard InChI is InChI=1S/C16H12ClF4IN2O4S/c1-15(26,16(19,20)21)14(25)23-12-5-3-9(7-10(12)17)29(27,28)24-13-4-2-8(22)6-11(13)18/h2-7,24,26H,1H3,(H,23,25)/t15-/m1/s1. The van der Waals surface area contributed by atoms with Gasteiger partial charge in [-0.25, -0.2) is 12.8 Å². The molecule has 0 saturated heterocycles. The number of aliphatic hydroxyl groups is 1. The zero-order valence-corrected chi connectivity index (χ0v) is 18.0. The van der Waals surface area contributed by atoms with Crippen molar-refractivity contribution < 1.29 is 35.9 Å². The predicted molar refractivity (Wildman–Crippen MR) is 107 cm³/mol. The van der Waals surface area contributed by atoms with E-state index in [9.17, 15) is 35.9 Å². The Morgan fingerprint density at radius 1 is 1.14 bits per heavy atom. The first kappa shape index (κ1) is 23.6. The number of nitrogens with one attached hydrogen (secondary N) is 2. The molecule has 1 amide bonds. The monoisotopic (exact) mass is 566 g/mol. The third kappa shape index (κ3) is 5.29. The summed E-state index contributed by atoms with van der Waals surface area (Å²) in [6.07, 6.45) is -5.24. The van der Waals surface area contributed by atoms with Crippen molar-refractivity contribution in [1.29, 1.82) is 0 Å². The molecule has 6 nitrogen and oxygen atoms in total. The molecule has 0 spiro atoms. The van der Waals surface area contributed by atoms with E-state index >= 15 is 0 Å². The fourth-order valence-corrected chi connectivity index (χ4v) is 3.75. The lowest BCUT2D eigenvalue weighted by molar-refractivity contribution is -0.242. The summed E-state index contributed by atoms with van der Waals surface area (Å²) in [6.45, 7) is 0.259. The van der Waals surface area contributed by atoms with Crippen molar-refractivity contribution in [3.63, 3.8) is 0 Å². The molecule has 2 rings (SSSR count). The molecule has 0 aliphatic rings. The third-order valence-electron chi connectivity index (χ3n) is 3.67.